The van der Waals surface area contributed by atoms with Gasteiger partial charge in [0.15, 0.2) is 5.13 Å². The summed E-state index contributed by atoms with van der Waals surface area (Å²) in [5.41, 5.74) is 5.50. The summed E-state index contributed by atoms with van der Waals surface area (Å²) in [6.45, 7) is 3.94. The average molecular weight is 417 g/mol. The molecule has 0 aliphatic carbocycles. The van der Waals surface area contributed by atoms with Gasteiger partial charge in [0.05, 0.1) is 24.1 Å². The Bertz CT molecular complexity index is 1220. The van der Waals surface area contributed by atoms with Crippen LogP contribution in [0.15, 0.2) is 60.2 Å². The number of hydrogen-bond donors (Lipinski definition) is 1. The third-order valence-electron chi connectivity index (χ3n) is 4.70. The molecule has 0 spiro atoms. The van der Waals surface area contributed by atoms with Crippen LogP contribution in [0, 0.1) is 13.8 Å². The first-order chi connectivity index (χ1) is 14.6. The SMILES string of the molecule is COc1ccc(-c2ncccc2C(=O)Nc2nc(-c3ncccc3C)cs2)cc1C. The number of rotatable bonds is 5. The minimum absolute atomic E-state index is 0.259. The van der Waals surface area contributed by atoms with Crippen LogP contribution in [0.2, 0.25) is 0 Å². The molecule has 0 aliphatic heterocycles. The Labute approximate surface area is 178 Å². The quantitative estimate of drug-likeness (QED) is 0.487. The molecule has 1 N–H and O–H groups in total. The highest BCUT2D eigenvalue weighted by atomic mass is 32.1. The highest BCUT2D eigenvalue weighted by molar-refractivity contribution is 7.14. The molecule has 0 aliphatic rings. The van der Waals surface area contributed by atoms with Gasteiger partial charge in [-0.3, -0.25) is 20.1 Å². The first-order valence-corrected chi connectivity index (χ1v) is 10.2. The van der Waals surface area contributed by atoms with Crippen LogP contribution in [0.3, 0.4) is 0 Å². The van der Waals surface area contributed by atoms with Crippen LogP contribution in [0.1, 0.15) is 21.5 Å². The van der Waals surface area contributed by atoms with Gasteiger partial charge in [-0.1, -0.05) is 6.07 Å². The van der Waals surface area contributed by atoms with Crippen LogP contribution in [0.4, 0.5) is 5.13 Å². The van der Waals surface area contributed by atoms with E-state index in [1.54, 1.807) is 31.6 Å². The summed E-state index contributed by atoms with van der Waals surface area (Å²) in [6.07, 6.45) is 3.41. The molecule has 0 radical (unpaired) electrons. The minimum atomic E-state index is -0.259. The van der Waals surface area contributed by atoms with Gasteiger partial charge < -0.3 is 4.74 Å². The van der Waals surface area contributed by atoms with Crippen LogP contribution in [0.5, 0.6) is 5.75 Å². The molecule has 1 amide bonds. The Kier molecular flexibility index (Phi) is 5.54. The number of carbonyl (C=O) groups excluding carboxylic acids is 1. The second-order valence-electron chi connectivity index (χ2n) is 6.74. The van der Waals surface area contributed by atoms with E-state index in [2.05, 4.69) is 20.3 Å². The molecular weight excluding hydrogens is 396 g/mol. The van der Waals surface area contributed by atoms with Crippen molar-refractivity contribution in [3.8, 4) is 28.4 Å². The maximum Gasteiger partial charge on any atom is 0.259 e. The lowest BCUT2D eigenvalue weighted by atomic mass is 10.0. The Morgan fingerprint density at radius 1 is 1.00 bits per heavy atom. The molecule has 0 saturated carbocycles. The molecule has 0 atom stereocenters. The first kappa shape index (κ1) is 19.7. The number of carbonyl (C=O) groups is 1. The molecular formula is C23H20N4O2S. The van der Waals surface area contributed by atoms with E-state index >= 15 is 0 Å². The summed E-state index contributed by atoms with van der Waals surface area (Å²) in [7, 11) is 1.64. The fraction of sp³-hybridized carbons (Fsp3) is 0.130. The fourth-order valence-corrected chi connectivity index (χ4v) is 3.89. The molecule has 0 unspecified atom stereocenters. The van der Waals surface area contributed by atoms with Crippen molar-refractivity contribution in [2.24, 2.45) is 0 Å². The van der Waals surface area contributed by atoms with Crippen molar-refractivity contribution in [3.63, 3.8) is 0 Å². The Morgan fingerprint density at radius 2 is 1.77 bits per heavy atom. The van der Waals surface area contributed by atoms with E-state index < -0.39 is 0 Å². The van der Waals surface area contributed by atoms with Crippen molar-refractivity contribution >= 4 is 22.4 Å². The van der Waals surface area contributed by atoms with Gasteiger partial charge in [-0.05, 0) is 61.4 Å². The zero-order valence-corrected chi connectivity index (χ0v) is 17.7. The molecule has 3 heterocycles. The first-order valence-electron chi connectivity index (χ1n) is 9.35. The van der Waals surface area contributed by atoms with E-state index in [0.29, 0.717) is 16.4 Å². The number of aryl methyl sites for hydroxylation is 2. The maximum atomic E-state index is 13.0. The number of ether oxygens (including phenoxy) is 1. The summed E-state index contributed by atoms with van der Waals surface area (Å²) >= 11 is 1.37. The second kappa shape index (κ2) is 8.42. The normalized spacial score (nSPS) is 10.6. The van der Waals surface area contributed by atoms with Gasteiger partial charge >= 0.3 is 0 Å². The Hall–Kier alpha value is -3.58. The monoisotopic (exact) mass is 416 g/mol. The van der Waals surface area contributed by atoms with Gasteiger partial charge in [0.2, 0.25) is 0 Å². The predicted octanol–water partition coefficient (Wildman–Crippen LogP) is 5.14. The van der Waals surface area contributed by atoms with Crippen molar-refractivity contribution in [2.75, 3.05) is 12.4 Å². The molecule has 150 valence electrons. The van der Waals surface area contributed by atoms with Crippen molar-refractivity contribution in [1.29, 1.82) is 0 Å². The highest BCUT2D eigenvalue weighted by Gasteiger charge is 2.17. The van der Waals surface area contributed by atoms with Gasteiger partial charge in [0.25, 0.3) is 5.91 Å². The van der Waals surface area contributed by atoms with E-state index in [9.17, 15) is 4.79 Å². The van der Waals surface area contributed by atoms with Crippen molar-refractivity contribution in [1.82, 2.24) is 15.0 Å². The number of nitrogens with one attached hydrogen (secondary N) is 1. The molecule has 1 aromatic carbocycles. The number of thiazole rings is 1. The largest absolute Gasteiger partial charge is 0.496 e. The number of pyridine rings is 2. The Morgan fingerprint density at radius 3 is 2.50 bits per heavy atom. The lowest BCUT2D eigenvalue weighted by Crippen LogP contribution is -2.13. The zero-order chi connectivity index (χ0) is 21.1. The van der Waals surface area contributed by atoms with Gasteiger partial charge in [0.1, 0.15) is 11.4 Å². The van der Waals surface area contributed by atoms with Gasteiger partial charge in [0, 0.05) is 23.3 Å². The molecule has 0 saturated heterocycles. The number of aromatic nitrogens is 3. The molecule has 30 heavy (non-hydrogen) atoms. The smallest absolute Gasteiger partial charge is 0.259 e. The molecule has 0 bridgehead atoms. The van der Waals surface area contributed by atoms with Crippen LogP contribution in [0.25, 0.3) is 22.6 Å². The van der Waals surface area contributed by atoms with Crippen LogP contribution in [-0.2, 0) is 0 Å². The van der Waals surface area contributed by atoms with E-state index in [4.69, 9.17) is 4.74 Å². The molecule has 4 rings (SSSR count). The lowest BCUT2D eigenvalue weighted by Gasteiger charge is -2.10. The topological polar surface area (TPSA) is 77.0 Å². The van der Waals surface area contributed by atoms with E-state index in [1.807, 2.05) is 49.6 Å². The van der Waals surface area contributed by atoms with Crippen molar-refractivity contribution < 1.29 is 9.53 Å². The van der Waals surface area contributed by atoms with Crippen molar-refractivity contribution in [2.45, 2.75) is 13.8 Å². The third kappa shape index (κ3) is 3.92. The number of hydrogen-bond acceptors (Lipinski definition) is 6. The average Bonchev–Trinajstić information content (AvgIpc) is 3.22. The Balaban J connectivity index is 1.61. The van der Waals surface area contributed by atoms with E-state index in [0.717, 1.165) is 33.8 Å². The summed E-state index contributed by atoms with van der Waals surface area (Å²) in [5, 5.41) is 5.30. The van der Waals surface area contributed by atoms with Crippen LogP contribution < -0.4 is 10.1 Å². The molecule has 6 nitrogen and oxygen atoms in total. The maximum absolute atomic E-state index is 13.0. The summed E-state index contributed by atoms with van der Waals surface area (Å²) < 4.78 is 5.33. The zero-order valence-electron chi connectivity index (χ0n) is 16.8. The summed E-state index contributed by atoms with van der Waals surface area (Å²) in [4.78, 5) is 26.4. The molecule has 3 aromatic heterocycles. The number of amides is 1. The van der Waals surface area contributed by atoms with E-state index in [-0.39, 0.29) is 5.91 Å². The van der Waals surface area contributed by atoms with Crippen LogP contribution >= 0.6 is 11.3 Å². The summed E-state index contributed by atoms with van der Waals surface area (Å²) in [6, 6.07) is 13.1. The van der Waals surface area contributed by atoms with Crippen LogP contribution in [-0.4, -0.2) is 28.0 Å². The second-order valence-corrected chi connectivity index (χ2v) is 7.60. The standard InChI is InChI=1S/C23H20N4O2S/c1-14-6-4-10-24-20(14)18-13-30-23(26-18)27-22(28)17-7-5-11-25-21(17)16-8-9-19(29-3)15(2)12-16/h4-13H,1-3H3,(H,26,27,28). The van der Waals surface area contributed by atoms with Gasteiger partial charge in [-0.15, -0.1) is 11.3 Å². The predicted molar refractivity (Wildman–Crippen MR) is 119 cm³/mol. The number of benzene rings is 1. The van der Waals surface area contributed by atoms with E-state index in [1.165, 1.54) is 11.3 Å². The van der Waals surface area contributed by atoms with Gasteiger partial charge in [-0.25, -0.2) is 4.98 Å². The molecule has 7 heteroatoms. The number of nitrogens with zero attached hydrogens (tertiary/aromatic N) is 3. The molecule has 4 aromatic rings. The number of anilines is 1. The van der Waals surface area contributed by atoms with Crippen molar-refractivity contribution in [3.05, 3.63) is 76.9 Å². The number of methoxy groups -OCH3 is 1. The lowest BCUT2D eigenvalue weighted by molar-refractivity contribution is 0.102. The minimum Gasteiger partial charge on any atom is -0.496 e. The van der Waals surface area contributed by atoms with Gasteiger partial charge in [-0.2, -0.15) is 0 Å². The highest BCUT2D eigenvalue weighted by Crippen LogP contribution is 2.29. The third-order valence-corrected chi connectivity index (χ3v) is 5.46. The molecule has 0 fully saturated rings. The fourth-order valence-electron chi connectivity index (χ4n) is 3.20. The summed E-state index contributed by atoms with van der Waals surface area (Å²) in [5.74, 6) is 0.533.